The Labute approximate surface area is 127 Å². The summed E-state index contributed by atoms with van der Waals surface area (Å²) >= 11 is 5.25. The van der Waals surface area contributed by atoms with E-state index in [4.69, 9.17) is 18.0 Å². The number of rotatable bonds is 3. The summed E-state index contributed by atoms with van der Waals surface area (Å²) in [7, 11) is 2.20. The maximum absolute atomic E-state index is 5.94. The molecule has 0 aliphatic carbocycles. The second-order valence-electron chi connectivity index (χ2n) is 5.76. The minimum Gasteiger partial charge on any atom is -0.389 e. The highest BCUT2D eigenvalue weighted by Gasteiger charge is 2.24. The Kier molecular flexibility index (Phi) is 5.00. The number of benzene rings is 1. The summed E-state index contributed by atoms with van der Waals surface area (Å²) in [4.78, 5) is 5.41. The minimum absolute atomic E-state index is 0.496. The van der Waals surface area contributed by atoms with Crippen molar-refractivity contribution in [3.05, 3.63) is 29.3 Å². The van der Waals surface area contributed by atoms with Gasteiger partial charge in [0, 0.05) is 30.4 Å². The molecule has 1 aliphatic heterocycles. The summed E-state index contributed by atoms with van der Waals surface area (Å²) < 4.78 is 0. The topological polar surface area (TPSA) is 32.5 Å². The molecule has 1 saturated heterocycles. The number of nitrogens with zero attached hydrogens (tertiary/aromatic N) is 2. The molecule has 3 nitrogen and oxygen atoms in total. The van der Waals surface area contributed by atoms with Gasteiger partial charge in [0.2, 0.25) is 0 Å². The van der Waals surface area contributed by atoms with Crippen molar-refractivity contribution in [2.75, 3.05) is 31.6 Å². The maximum atomic E-state index is 5.94. The third kappa shape index (κ3) is 3.30. The summed E-state index contributed by atoms with van der Waals surface area (Å²) in [5.74, 6) is 0. The van der Waals surface area contributed by atoms with Crippen LogP contribution in [0, 0.1) is 6.92 Å². The summed E-state index contributed by atoms with van der Waals surface area (Å²) in [5, 5.41) is 0. The summed E-state index contributed by atoms with van der Waals surface area (Å²) in [6, 6.07) is 6.97. The van der Waals surface area contributed by atoms with Crippen LogP contribution in [-0.2, 0) is 0 Å². The van der Waals surface area contributed by atoms with Crippen molar-refractivity contribution in [3.63, 3.8) is 0 Å². The SMILES string of the molecule is CCC1CN(C)CCCN1c1ccc(C)cc1C(N)=S. The Morgan fingerprint density at radius 2 is 2.15 bits per heavy atom. The van der Waals surface area contributed by atoms with Gasteiger partial charge in [-0.3, -0.25) is 0 Å². The van der Waals surface area contributed by atoms with Crippen LogP contribution in [0.2, 0.25) is 0 Å². The van der Waals surface area contributed by atoms with Gasteiger partial charge in [0.25, 0.3) is 0 Å². The first-order valence-electron chi connectivity index (χ1n) is 7.38. The van der Waals surface area contributed by atoms with E-state index in [-0.39, 0.29) is 0 Å². The van der Waals surface area contributed by atoms with E-state index in [1.165, 1.54) is 17.7 Å². The van der Waals surface area contributed by atoms with Gasteiger partial charge in [-0.25, -0.2) is 0 Å². The lowest BCUT2D eigenvalue weighted by atomic mass is 10.1. The van der Waals surface area contributed by atoms with Gasteiger partial charge in [-0.1, -0.05) is 30.8 Å². The smallest absolute Gasteiger partial charge is 0.106 e. The fourth-order valence-electron chi connectivity index (χ4n) is 3.01. The van der Waals surface area contributed by atoms with Gasteiger partial charge in [0.05, 0.1) is 0 Å². The molecule has 2 N–H and O–H groups in total. The second kappa shape index (κ2) is 6.55. The van der Waals surface area contributed by atoms with Crippen LogP contribution in [0.1, 0.15) is 30.9 Å². The molecule has 1 aromatic rings. The Balaban J connectivity index is 2.39. The molecule has 1 unspecified atom stereocenters. The Hall–Kier alpha value is -1.13. The average Bonchev–Trinajstić information content (AvgIpc) is 2.60. The number of anilines is 1. The second-order valence-corrected chi connectivity index (χ2v) is 6.20. The molecular formula is C16H25N3S. The predicted molar refractivity (Wildman–Crippen MR) is 90.6 cm³/mol. The molecule has 0 aromatic heterocycles. The molecule has 4 heteroatoms. The molecule has 0 amide bonds. The number of aryl methyl sites for hydroxylation is 1. The van der Waals surface area contributed by atoms with Crippen LogP contribution in [0.15, 0.2) is 18.2 Å². The van der Waals surface area contributed by atoms with Crippen molar-refractivity contribution in [3.8, 4) is 0 Å². The highest BCUT2D eigenvalue weighted by molar-refractivity contribution is 7.80. The van der Waals surface area contributed by atoms with Gasteiger partial charge in [-0.05, 0) is 45.5 Å². The van der Waals surface area contributed by atoms with E-state index >= 15 is 0 Å². The van der Waals surface area contributed by atoms with E-state index in [9.17, 15) is 0 Å². The van der Waals surface area contributed by atoms with Crippen LogP contribution in [0.5, 0.6) is 0 Å². The van der Waals surface area contributed by atoms with E-state index in [0.29, 0.717) is 11.0 Å². The summed E-state index contributed by atoms with van der Waals surface area (Å²) in [5.41, 5.74) is 9.36. The lowest BCUT2D eigenvalue weighted by molar-refractivity contribution is 0.328. The third-order valence-electron chi connectivity index (χ3n) is 4.10. The molecule has 0 spiro atoms. The van der Waals surface area contributed by atoms with E-state index < -0.39 is 0 Å². The number of nitrogens with two attached hydrogens (primary N) is 1. The molecule has 110 valence electrons. The molecule has 2 rings (SSSR count). The van der Waals surface area contributed by atoms with Gasteiger partial charge >= 0.3 is 0 Å². The van der Waals surface area contributed by atoms with Crippen LogP contribution in [-0.4, -0.2) is 42.6 Å². The van der Waals surface area contributed by atoms with Crippen LogP contribution in [0.4, 0.5) is 5.69 Å². The Bertz CT molecular complexity index is 487. The summed E-state index contributed by atoms with van der Waals surface area (Å²) in [6.45, 7) is 7.66. The van der Waals surface area contributed by atoms with Crippen LogP contribution < -0.4 is 10.6 Å². The standard InChI is InChI=1S/C16H25N3S/c1-4-13-11-18(3)8-5-9-19(13)15-7-6-12(2)10-14(15)16(17)20/h6-7,10,13H,4-5,8-9,11H2,1-3H3,(H2,17,20). The monoisotopic (exact) mass is 291 g/mol. The molecule has 0 bridgehead atoms. The highest BCUT2D eigenvalue weighted by Crippen LogP contribution is 2.27. The van der Waals surface area contributed by atoms with Gasteiger partial charge in [0.1, 0.15) is 4.99 Å². The highest BCUT2D eigenvalue weighted by atomic mass is 32.1. The first kappa shape index (κ1) is 15.3. The molecule has 1 fully saturated rings. The first-order chi connectivity index (χ1) is 9.52. The predicted octanol–water partition coefficient (Wildman–Crippen LogP) is 2.55. The first-order valence-corrected chi connectivity index (χ1v) is 7.79. The van der Waals surface area contributed by atoms with Crippen molar-refractivity contribution in [2.24, 2.45) is 5.73 Å². The molecule has 0 saturated carbocycles. The van der Waals surface area contributed by atoms with Crippen LogP contribution in [0.3, 0.4) is 0 Å². The zero-order chi connectivity index (χ0) is 14.7. The number of thiocarbonyl (C=S) groups is 1. The Morgan fingerprint density at radius 3 is 2.80 bits per heavy atom. The molecule has 1 heterocycles. The van der Waals surface area contributed by atoms with E-state index in [1.807, 2.05) is 0 Å². The van der Waals surface area contributed by atoms with Crippen LogP contribution in [0.25, 0.3) is 0 Å². The van der Waals surface area contributed by atoms with Gasteiger partial charge in [-0.15, -0.1) is 0 Å². The molecule has 1 aliphatic rings. The fourth-order valence-corrected chi connectivity index (χ4v) is 3.17. The average molecular weight is 291 g/mol. The molecule has 1 aromatic carbocycles. The molecule has 20 heavy (non-hydrogen) atoms. The zero-order valence-electron chi connectivity index (χ0n) is 12.7. The lowest BCUT2D eigenvalue weighted by Gasteiger charge is -2.33. The maximum Gasteiger partial charge on any atom is 0.106 e. The van der Waals surface area contributed by atoms with Crippen molar-refractivity contribution < 1.29 is 0 Å². The molecule has 0 radical (unpaired) electrons. The van der Waals surface area contributed by atoms with E-state index in [1.54, 1.807) is 0 Å². The number of likely N-dealkylation sites (N-methyl/N-ethyl adjacent to an activating group) is 1. The zero-order valence-corrected chi connectivity index (χ0v) is 13.5. The minimum atomic E-state index is 0.496. The lowest BCUT2D eigenvalue weighted by Crippen LogP contribution is -2.40. The number of hydrogen-bond donors (Lipinski definition) is 1. The van der Waals surface area contributed by atoms with Crippen molar-refractivity contribution in [1.29, 1.82) is 0 Å². The third-order valence-corrected chi connectivity index (χ3v) is 4.32. The number of hydrogen-bond acceptors (Lipinski definition) is 3. The van der Waals surface area contributed by atoms with Gasteiger partial charge < -0.3 is 15.5 Å². The summed E-state index contributed by atoms with van der Waals surface area (Å²) in [6.07, 6.45) is 2.31. The molecule has 1 atom stereocenters. The van der Waals surface area contributed by atoms with E-state index in [0.717, 1.165) is 31.6 Å². The van der Waals surface area contributed by atoms with Crippen LogP contribution >= 0.6 is 12.2 Å². The quantitative estimate of drug-likeness (QED) is 0.868. The Morgan fingerprint density at radius 1 is 1.40 bits per heavy atom. The largest absolute Gasteiger partial charge is 0.389 e. The fraction of sp³-hybridized carbons (Fsp3) is 0.562. The van der Waals surface area contributed by atoms with Gasteiger partial charge in [-0.2, -0.15) is 0 Å². The van der Waals surface area contributed by atoms with Crippen molar-refractivity contribution in [2.45, 2.75) is 32.7 Å². The normalized spacial score (nSPS) is 20.8. The van der Waals surface area contributed by atoms with E-state index in [2.05, 4.69) is 48.9 Å². The van der Waals surface area contributed by atoms with Gasteiger partial charge in [0.15, 0.2) is 0 Å². The van der Waals surface area contributed by atoms with Crippen molar-refractivity contribution in [1.82, 2.24) is 4.90 Å². The molecular weight excluding hydrogens is 266 g/mol. The van der Waals surface area contributed by atoms with Crippen molar-refractivity contribution >= 4 is 22.9 Å².